The van der Waals surface area contributed by atoms with Crippen molar-refractivity contribution in [1.29, 1.82) is 0 Å². The Bertz CT molecular complexity index is 3240. The topological polar surface area (TPSA) is 216 Å². The van der Waals surface area contributed by atoms with E-state index in [1.54, 1.807) is 0 Å². The van der Waals surface area contributed by atoms with E-state index in [0.717, 1.165) is 22.3 Å². The molecular formula is C74H96O20Si2. The van der Waals surface area contributed by atoms with Gasteiger partial charge in [-0.1, -0.05) is 161 Å². The average molecular weight is 1360 g/mol. The average Bonchev–Trinajstić information content (AvgIpc) is 1.47. The number of hydrogen-bond acceptors (Lipinski definition) is 20. The summed E-state index contributed by atoms with van der Waals surface area (Å²) in [6.07, 6.45) is -1.77. The first-order chi connectivity index (χ1) is 45.3. The molecule has 20 nitrogen and oxygen atoms in total. The maximum Gasteiger partial charge on any atom is 0.191 e. The summed E-state index contributed by atoms with van der Waals surface area (Å²) < 4.78 is 96.7. The van der Waals surface area contributed by atoms with Crippen molar-refractivity contribution in [2.24, 2.45) is 0 Å². The van der Waals surface area contributed by atoms with Gasteiger partial charge in [0.2, 0.25) is 0 Å². The van der Waals surface area contributed by atoms with Crippen LogP contribution in [0.5, 0.6) is 0 Å². The second-order valence-corrected chi connectivity index (χ2v) is 42.4. The number of ketones is 4. The van der Waals surface area contributed by atoms with Gasteiger partial charge in [0, 0.05) is 25.7 Å². The molecule has 18 atom stereocenters. The van der Waals surface area contributed by atoms with Crippen LogP contribution < -0.4 is 0 Å². The molecule has 4 aromatic carbocycles. The largest absolute Gasteiger partial charge is 0.367 e. The minimum absolute atomic E-state index is 0.0879. The van der Waals surface area contributed by atoms with E-state index in [-0.39, 0.29) is 58.6 Å². The van der Waals surface area contributed by atoms with E-state index in [1.165, 1.54) is 0 Å². The zero-order valence-electron chi connectivity index (χ0n) is 57.9. The van der Waals surface area contributed by atoms with Gasteiger partial charge < -0.3 is 75.8 Å². The van der Waals surface area contributed by atoms with Gasteiger partial charge in [-0.15, -0.1) is 0 Å². The van der Waals surface area contributed by atoms with Crippen molar-refractivity contribution < 1.29 is 95.0 Å². The Kier molecular flexibility index (Phi) is 18.7. The van der Waals surface area contributed by atoms with Crippen molar-refractivity contribution in [1.82, 2.24) is 0 Å². The third kappa shape index (κ3) is 13.0. The van der Waals surface area contributed by atoms with Crippen LogP contribution >= 0.6 is 0 Å². The number of benzene rings is 4. The van der Waals surface area contributed by atoms with Crippen molar-refractivity contribution in [3.8, 4) is 0 Å². The third-order valence-corrected chi connectivity index (χ3v) is 26.3. The molecule has 16 rings (SSSR count). The smallest absolute Gasteiger partial charge is 0.191 e. The second kappa shape index (κ2) is 25.8. The molecule has 0 bridgehead atoms. The predicted octanol–water partition coefficient (Wildman–Crippen LogP) is 11.4. The van der Waals surface area contributed by atoms with Crippen LogP contribution in [0.15, 0.2) is 121 Å². The fraction of sp³-hybridized carbons (Fsp3) is 0.622. The summed E-state index contributed by atoms with van der Waals surface area (Å²) in [6.45, 7) is 30.3. The molecule has 8 aliphatic heterocycles. The molecule has 4 spiro atoms. The standard InChI is InChI=1S/2C20H28O5Si.2C17H20O5/c2*1-19(2)23-16-17(22-12-13-9-7-6-8-10-13)20(25-18(16)24-19)14(21)11-15(20)26(3,4)5;2*1-16(2)20-13-14(19-10-11-6-4-3-5-7-11)17(9-8-12(17)18)22-15(13)21-16/h2*6-10,15-18H,11-12H2,1-5H3;2*3-7,13-15H,8-10H2,1-2H3/t15?,16?,17-,18-,20+;15?,16?,17-,18-,20-;13?,14-,15-,17+;13?,14-,15-,17-/m0000/s1. The molecule has 4 aromatic rings. The predicted molar refractivity (Wildman–Crippen MR) is 353 cm³/mol. The van der Waals surface area contributed by atoms with Crippen LogP contribution in [0, 0.1) is 0 Å². The number of ether oxygens (including phenoxy) is 16. The molecule has 22 heteroatoms. The van der Waals surface area contributed by atoms with Crippen molar-refractivity contribution in [2.75, 3.05) is 0 Å². The summed E-state index contributed by atoms with van der Waals surface area (Å²) >= 11 is 0. The Balaban J connectivity index is 0.000000116. The van der Waals surface area contributed by atoms with E-state index in [1.807, 2.05) is 177 Å². The van der Waals surface area contributed by atoms with Gasteiger partial charge in [-0.05, 0) is 102 Å². The monoisotopic (exact) mass is 1360 g/mol. The van der Waals surface area contributed by atoms with Crippen molar-refractivity contribution in [3.63, 3.8) is 0 Å². The fourth-order valence-electron chi connectivity index (χ4n) is 16.1. The zero-order chi connectivity index (χ0) is 68.2. The molecule has 8 saturated heterocycles. The van der Waals surface area contributed by atoms with E-state index in [9.17, 15) is 19.2 Å². The lowest BCUT2D eigenvalue weighted by molar-refractivity contribution is -0.251. The molecule has 8 heterocycles. The number of hydrogen-bond donors (Lipinski definition) is 0. The van der Waals surface area contributed by atoms with Gasteiger partial charge in [-0.3, -0.25) is 19.2 Å². The Labute approximate surface area is 565 Å². The number of carbonyl (C=O) groups is 4. The maximum absolute atomic E-state index is 12.8. The Morgan fingerprint density at radius 1 is 0.333 bits per heavy atom. The fourth-order valence-corrected chi connectivity index (χ4v) is 21.0. The summed E-state index contributed by atoms with van der Waals surface area (Å²) in [5.41, 5.74) is 1.11. The van der Waals surface area contributed by atoms with Gasteiger partial charge in [-0.25, -0.2) is 0 Å². The van der Waals surface area contributed by atoms with Gasteiger partial charge in [0.25, 0.3) is 0 Å². The van der Waals surface area contributed by atoms with E-state index in [4.69, 9.17) is 75.8 Å². The van der Waals surface area contributed by atoms with E-state index >= 15 is 0 Å². The minimum atomic E-state index is -1.62. The molecule has 12 fully saturated rings. The van der Waals surface area contributed by atoms with Crippen molar-refractivity contribution >= 4 is 39.3 Å². The van der Waals surface area contributed by atoms with Gasteiger partial charge in [0.15, 0.2) is 93.8 Å². The molecule has 0 aromatic heterocycles. The summed E-state index contributed by atoms with van der Waals surface area (Å²) in [4.78, 5) is 50.0. The molecule has 0 radical (unpaired) electrons. The Hall–Kier alpha value is -4.65. The highest BCUT2D eigenvalue weighted by Gasteiger charge is 2.77. The Morgan fingerprint density at radius 2 is 0.583 bits per heavy atom. The van der Waals surface area contributed by atoms with Crippen molar-refractivity contribution in [3.05, 3.63) is 144 Å². The van der Waals surface area contributed by atoms with Crippen LogP contribution in [0.25, 0.3) is 0 Å². The van der Waals surface area contributed by atoms with Crippen LogP contribution in [0.2, 0.25) is 50.4 Å². The van der Waals surface area contributed by atoms with Gasteiger partial charge in [0.05, 0.1) is 42.6 Å². The lowest BCUT2D eigenvalue weighted by Gasteiger charge is -2.53. The number of carbonyl (C=O) groups excluding carboxylic acids is 4. The third-order valence-electron chi connectivity index (χ3n) is 20.8. The highest BCUT2D eigenvalue weighted by atomic mass is 28.3. The van der Waals surface area contributed by atoms with Gasteiger partial charge in [-0.2, -0.15) is 0 Å². The van der Waals surface area contributed by atoms with E-state index in [2.05, 4.69) is 39.3 Å². The first-order valence-electron chi connectivity index (χ1n) is 34.2. The lowest BCUT2D eigenvalue weighted by atomic mass is 9.73. The summed E-state index contributed by atoms with van der Waals surface area (Å²) in [6, 6.07) is 39.8. The molecule has 520 valence electrons. The van der Waals surface area contributed by atoms with Crippen LogP contribution in [0.3, 0.4) is 0 Å². The Morgan fingerprint density at radius 3 is 0.812 bits per heavy atom. The highest BCUT2D eigenvalue weighted by molar-refractivity contribution is 6.79. The van der Waals surface area contributed by atoms with Gasteiger partial charge >= 0.3 is 0 Å². The van der Waals surface area contributed by atoms with E-state index in [0.29, 0.717) is 65.0 Å². The van der Waals surface area contributed by atoms with Crippen LogP contribution in [-0.4, -0.2) is 159 Å². The summed E-state index contributed by atoms with van der Waals surface area (Å²) in [7, 11) is -3.25. The molecule has 6 unspecified atom stereocenters. The minimum Gasteiger partial charge on any atom is -0.367 e. The summed E-state index contributed by atoms with van der Waals surface area (Å²) in [5, 5.41) is 0. The quantitative estimate of drug-likeness (QED) is 0.107. The lowest BCUT2D eigenvalue weighted by Crippen LogP contribution is -2.67. The SMILES string of the molecule is CC1(C)OC2[C@@H](O1)O[C@@]1(C(=O)CC1[Si](C)(C)C)[C@H]2OCc1ccccc1.CC1(C)OC2[C@@H](O1)O[C@@]1(CCC1=O)[C@H]2OCc1ccccc1.CC1(C)OC2[C@@H](O1)O[C@]1(C(=O)CC1[Si](C)(C)C)[C@H]2OCc1ccccc1.CC1(C)OC2[C@@H](O1)O[C@]1(CCC1=O)[C@H]2OCc1ccccc1. The normalized spacial score (nSPS) is 38.7. The summed E-state index contributed by atoms with van der Waals surface area (Å²) in [5.74, 6) is -2.45. The molecule has 4 saturated carbocycles. The first kappa shape index (κ1) is 69.8. The number of rotatable bonds is 14. The zero-order valence-corrected chi connectivity index (χ0v) is 59.9. The molecule has 0 amide bonds. The highest BCUT2D eigenvalue weighted by Crippen LogP contribution is 2.61. The maximum atomic E-state index is 12.8. The molecule has 12 aliphatic rings. The number of fused-ring (bicyclic) bond motifs is 4. The van der Waals surface area contributed by atoms with Crippen LogP contribution in [0.4, 0.5) is 0 Å². The van der Waals surface area contributed by atoms with E-state index < -0.39 is 111 Å². The van der Waals surface area contributed by atoms with Crippen LogP contribution in [0.1, 0.15) is 116 Å². The molecular weight excluding hydrogens is 1260 g/mol. The molecule has 96 heavy (non-hydrogen) atoms. The van der Waals surface area contributed by atoms with Gasteiger partial charge in [0.1, 0.15) is 48.8 Å². The molecule has 4 aliphatic carbocycles. The number of Topliss-reactive ketones (excluding diaryl/α,β-unsaturated/α-hetero) is 4. The molecule has 0 N–H and O–H groups in total. The van der Waals surface area contributed by atoms with Crippen LogP contribution in [-0.2, 0) is 121 Å². The first-order valence-corrected chi connectivity index (χ1v) is 41.3. The van der Waals surface area contributed by atoms with Crippen molar-refractivity contribution in [2.45, 2.75) is 290 Å². The second-order valence-electron chi connectivity index (χ2n) is 31.5.